The van der Waals surface area contributed by atoms with Crippen LogP contribution in [0.2, 0.25) is 0 Å². The number of halogens is 3. The summed E-state index contributed by atoms with van der Waals surface area (Å²) in [6.45, 7) is 0.765. The van der Waals surface area contributed by atoms with Gasteiger partial charge >= 0.3 is 12.1 Å². The number of hydrogen-bond donors (Lipinski definition) is 1. The second-order valence-electron chi connectivity index (χ2n) is 4.03. The lowest BCUT2D eigenvalue weighted by Crippen LogP contribution is -2.44. The molecule has 1 aliphatic heterocycles. The number of nitrogens with two attached hydrogens (primary N) is 1. The molecule has 0 aromatic carbocycles. The molecule has 1 aliphatic rings. The van der Waals surface area contributed by atoms with Gasteiger partial charge in [0.25, 0.3) is 0 Å². The molecular formula is C10H17F3N2O2. The number of hydrogen-bond acceptors (Lipinski definition) is 3. The molecule has 0 saturated carbocycles. The van der Waals surface area contributed by atoms with Crippen LogP contribution in [0.15, 0.2) is 0 Å². The first-order valence-electron chi connectivity index (χ1n) is 5.63. The predicted octanol–water partition coefficient (Wildman–Crippen LogP) is 0.905. The summed E-state index contributed by atoms with van der Waals surface area (Å²) in [5, 5.41) is 0. The van der Waals surface area contributed by atoms with E-state index in [0.717, 1.165) is 11.3 Å². The Hall–Kier alpha value is -0.820. The van der Waals surface area contributed by atoms with Crippen LogP contribution in [0.5, 0.6) is 0 Å². The summed E-state index contributed by atoms with van der Waals surface area (Å²) in [7, 11) is 0. The minimum atomic E-state index is -4.80. The minimum absolute atomic E-state index is 0.00164. The smallest absolute Gasteiger partial charge is 0.375 e. The van der Waals surface area contributed by atoms with Crippen molar-refractivity contribution in [3.05, 3.63) is 0 Å². The fourth-order valence-electron chi connectivity index (χ4n) is 1.84. The number of carbonyl (C=O) groups is 1. The van der Waals surface area contributed by atoms with Gasteiger partial charge in [-0.05, 0) is 19.3 Å². The molecular weight excluding hydrogens is 237 g/mol. The van der Waals surface area contributed by atoms with Gasteiger partial charge in [-0.2, -0.15) is 13.2 Å². The Morgan fingerprint density at radius 2 is 2.12 bits per heavy atom. The molecule has 4 nitrogen and oxygen atoms in total. The van der Waals surface area contributed by atoms with Crippen molar-refractivity contribution in [3.8, 4) is 0 Å². The number of rotatable bonds is 3. The van der Waals surface area contributed by atoms with Gasteiger partial charge in [0, 0.05) is 19.6 Å². The van der Waals surface area contributed by atoms with Crippen molar-refractivity contribution in [2.45, 2.75) is 31.5 Å². The van der Waals surface area contributed by atoms with Crippen LogP contribution in [-0.4, -0.2) is 49.3 Å². The lowest BCUT2D eigenvalue weighted by atomic mass is 10.2. The minimum Gasteiger partial charge on any atom is -0.375 e. The Morgan fingerprint density at radius 3 is 2.71 bits per heavy atom. The normalized spacial score (nSPS) is 22.4. The third-order valence-electron chi connectivity index (χ3n) is 2.63. The van der Waals surface area contributed by atoms with Crippen molar-refractivity contribution in [2.75, 3.05) is 26.2 Å². The zero-order valence-corrected chi connectivity index (χ0v) is 9.50. The Kier molecular flexibility index (Phi) is 5.20. The fourth-order valence-corrected chi connectivity index (χ4v) is 1.84. The van der Waals surface area contributed by atoms with Crippen LogP contribution in [0, 0.1) is 0 Å². The molecule has 1 rings (SSSR count). The van der Waals surface area contributed by atoms with Crippen LogP contribution >= 0.6 is 0 Å². The van der Waals surface area contributed by atoms with Crippen molar-refractivity contribution < 1.29 is 22.7 Å². The van der Waals surface area contributed by atoms with Crippen molar-refractivity contribution in [1.29, 1.82) is 0 Å². The summed E-state index contributed by atoms with van der Waals surface area (Å²) >= 11 is 0. The molecule has 7 heteroatoms. The molecule has 1 atom stereocenters. The molecule has 1 unspecified atom stereocenters. The van der Waals surface area contributed by atoms with Crippen LogP contribution < -0.4 is 5.73 Å². The molecule has 0 bridgehead atoms. The average Bonchev–Trinajstić information content (AvgIpc) is 2.49. The molecule has 17 heavy (non-hydrogen) atoms. The summed E-state index contributed by atoms with van der Waals surface area (Å²) in [6.07, 6.45) is -3.14. The highest BCUT2D eigenvalue weighted by Crippen LogP contribution is 2.22. The summed E-state index contributed by atoms with van der Waals surface area (Å²) in [4.78, 5) is 11.9. The first kappa shape index (κ1) is 14.2. The summed E-state index contributed by atoms with van der Waals surface area (Å²) < 4.78 is 42.2. The SMILES string of the molecule is NCCOC1CCCCN(C(=O)C(F)(F)F)C1. The Labute approximate surface area is 97.9 Å². The molecule has 1 amide bonds. The van der Waals surface area contributed by atoms with E-state index in [1.165, 1.54) is 0 Å². The van der Waals surface area contributed by atoms with Gasteiger partial charge in [0.1, 0.15) is 0 Å². The van der Waals surface area contributed by atoms with Crippen LogP contribution in [0.4, 0.5) is 13.2 Å². The number of amides is 1. The van der Waals surface area contributed by atoms with Crippen molar-refractivity contribution >= 4 is 5.91 Å². The van der Waals surface area contributed by atoms with Gasteiger partial charge in [0.05, 0.1) is 12.7 Å². The lowest BCUT2D eigenvalue weighted by molar-refractivity contribution is -0.186. The van der Waals surface area contributed by atoms with E-state index < -0.39 is 12.1 Å². The van der Waals surface area contributed by atoms with Crippen LogP contribution in [0.25, 0.3) is 0 Å². The Balaban J connectivity index is 2.56. The van der Waals surface area contributed by atoms with E-state index in [1.807, 2.05) is 0 Å². The lowest BCUT2D eigenvalue weighted by Gasteiger charge is -2.25. The first-order chi connectivity index (χ1) is 7.95. The number of carbonyl (C=O) groups excluding carboxylic acids is 1. The van der Waals surface area contributed by atoms with Crippen LogP contribution in [-0.2, 0) is 9.53 Å². The van der Waals surface area contributed by atoms with Crippen molar-refractivity contribution in [3.63, 3.8) is 0 Å². The Morgan fingerprint density at radius 1 is 1.41 bits per heavy atom. The molecule has 2 N–H and O–H groups in total. The van der Waals surface area contributed by atoms with Gasteiger partial charge in [0.2, 0.25) is 0 Å². The summed E-state index contributed by atoms with van der Waals surface area (Å²) in [6, 6.07) is 0. The molecule has 1 saturated heterocycles. The topological polar surface area (TPSA) is 55.6 Å². The van der Waals surface area contributed by atoms with Crippen LogP contribution in [0.1, 0.15) is 19.3 Å². The Bertz CT molecular complexity index is 258. The maximum Gasteiger partial charge on any atom is 0.471 e. The van der Waals surface area contributed by atoms with Gasteiger partial charge < -0.3 is 15.4 Å². The largest absolute Gasteiger partial charge is 0.471 e. The maximum atomic E-state index is 12.3. The summed E-state index contributed by atoms with van der Waals surface area (Å²) in [5.74, 6) is -1.78. The average molecular weight is 254 g/mol. The van der Waals surface area contributed by atoms with Gasteiger partial charge in [0.15, 0.2) is 0 Å². The van der Waals surface area contributed by atoms with E-state index in [1.54, 1.807) is 0 Å². The molecule has 0 aromatic rings. The summed E-state index contributed by atoms with van der Waals surface area (Å²) in [5.41, 5.74) is 5.26. The van der Waals surface area contributed by atoms with Gasteiger partial charge in [-0.15, -0.1) is 0 Å². The van der Waals surface area contributed by atoms with Gasteiger partial charge in [-0.3, -0.25) is 4.79 Å². The monoisotopic (exact) mass is 254 g/mol. The number of alkyl halides is 3. The van der Waals surface area contributed by atoms with Crippen molar-refractivity contribution in [1.82, 2.24) is 4.90 Å². The third kappa shape index (κ3) is 4.51. The van der Waals surface area contributed by atoms with Gasteiger partial charge in [-0.25, -0.2) is 0 Å². The number of ether oxygens (including phenoxy) is 1. The zero-order valence-electron chi connectivity index (χ0n) is 9.50. The quantitative estimate of drug-likeness (QED) is 0.814. The second kappa shape index (κ2) is 6.20. The highest BCUT2D eigenvalue weighted by Gasteiger charge is 2.43. The van der Waals surface area contributed by atoms with E-state index in [0.29, 0.717) is 26.0 Å². The molecule has 1 heterocycles. The van der Waals surface area contributed by atoms with E-state index in [2.05, 4.69) is 0 Å². The number of nitrogens with zero attached hydrogens (tertiary/aromatic N) is 1. The molecule has 0 aliphatic carbocycles. The van der Waals surface area contributed by atoms with Crippen LogP contribution in [0.3, 0.4) is 0 Å². The van der Waals surface area contributed by atoms with E-state index >= 15 is 0 Å². The second-order valence-corrected chi connectivity index (χ2v) is 4.03. The predicted molar refractivity (Wildman–Crippen MR) is 55.3 cm³/mol. The first-order valence-corrected chi connectivity index (χ1v) is 5.63. The molecule has 100 valence electrons. The highest BCUT2D eigenvalue weighted by molar-refractivity contribution is 5.81. The maximum absolute atomic E-state index is 12.3. The van der Waals surface area contributed by atoms with E-state index in [-0.39, 0.29) is 19.2 Å². The van der Waals surface area contributed by atoms with Gasteiger partial charge in [-0.1, -0.05) is 0 Å². The molecule has 0 aromatic heterocycles. The molecule has 1 fully saturated rings. The fraction of sp³-hybridized carbons (Fsp3) is 0.900. The van der Waals surface area contributed by atoms with E-state index in [9.17, 15) is 18.0 Å². The highest BCUT2D eigenvalue weighted by atomic mass is 19.4. The number of likely N-dealkylation sites (tertiary alicyclic amines) is 1. The van der Waals surface area contributed by atoms with E-state index in [4.69, 9.17) is 10.5 Å². The third-order valence-corrected chi connectivity index (χ3v) is 2.63. The standard InChI is InChI=1S/C10H17F3N2O2/c11-10(12,13)9(16)15-5-2-1-3-8(7-15)17-6-4-14/h8H,1-7,14H2. The molecule has 0 radical (unpaired) electrons. The zero-order chi connectivity index (χ0) is 12.9. The molecule has 0 spiro atoms. The van der Waals surface area contributed by atoms with Crippen molar-refractivity contribution in [2.24, 2.45) is 5.73 Å².